The van der Waals surface area contributed by atoms with E-state index in [1.165, 1.54) is 12.1 Å². The van der Waals surface area contributed by atoms with Crippen molar-refractivity contribution in [1.29, 1.82) is 0 Å². The van der Waals surface area contributed by atoms with Crippen molar-refractivity contribution >= 4 is 27.2 Å². The summed E-state index contributed by atoms with van der Waals surface area (Å²) in [6, 6.07) is 2.57. The van der Waals surface area contributed by atoms with Gasteiger partial charge in [0, 0.05) is 12.6 Å². The first-order valence-corrected chi connectivity index (χ1v) is 7.48. The van der Waals surface area contributed by atoms with Crippen molar-refractivity contribution in [3.63, 3.8) is 0 Å². The van der Waals surface area contributed by atoms with Crippen molar-refractivity contribution in [3.8, 4) is 0 Å². The van der Waals surface area contributed by atoms with Crippen LogP contribution in [0.2, 0.25) is 0 Å². The van der Waals surface area contributed by atoms with E-state index < -0.39 is 20.0 Å². The average molecular weight is 286 g/mol. The van der Waals surface area contributed by atoms with Crippen molar-refractivity contribution in [1.82, 2.24) is 4.98 Å². The zero-order chi connectivity index (χ0) is 14.0. The molecule has 0 bridgehead atoms. The molecule has 1 aromatic heterocycles. The van der Waals surface area contributed by atoms with Crippen LogP contribution < -0.4 is 11.1 Å². The number of nitrogen functional groups attached to an aromatic ring is 1. The molecule has 1 aromatic rings. The van der Waals surface area contributed by atoms with Crippen molar-refractivity contribution in [2.24, 2.45) is 0 Å². The van der Waals surface area contributed by atoms with Gasteiger partial charge in [-0.2, -0.15) is 0 Å². The van der Waals surface area contributed by atoms with Crippen molar-refractivity contribution < 1.29 is 13.3 Å². The van der Waals surface area contributed by atoms with E-state index in [4.69, 9.17) is 5.73 Å². The number of nitro groups is 1. The molecule has 1 aliphatic rings. The number of hydrogen-bond donors (Lipinski definition) is 2. The topological polar surface area (TPSA) is 128 Å². The third-order valence-corrected chi connectivity index (χ3v) is 5.33. The Labute approximate surface area is 110 Å². The lowest BCUT2D eigenvalue weighted by Gasteiger charge is -2.11. The van der Waals surface area contributed by atoms with Crippen molar-refractivity contribution in [3.05, 3.63) is 22.2 Å². The first-order valence-electron chi connectivity index (χ1n) is 5.76. The monoisotopic (exact) mass is 286 g/mol. The number of anilines is 2. The third-order valence-electron chi connectivity index (χ3n) is 3.05. The summed E-state index contributed by atoms with van der Waals surface area (Å²) >= 11 is 0. The Kier molecular flexibility index (Phi) is 3.56. The maximum Gasteiger partial charge on any atom is 0.311 e. The van der Waals surface area contributed by atoms with Gasteiger partial charge in [0.05, 0.1) is 15.9 Å². The normalized spacial score (nSPS) is 21.2. The quantitative estimate of drug-likeness (QED) is 0.611. The summed E-state index contributed by atoms with van der Waals surface area (Å²) in [6.07, 6.45) is 1.19. The van der Waals surface area contributed by atoms with Gasteiger partial charge >= 0.3 is 5.69 Å². The van der Waals surface area contributed by atoms with E-state index in [1.54, 1.807) is 0 Å². The highest BCUT2D eigenvalue weighted by atomic mass is 32.2. The van der Waals surface area contributed by atoms with Crippen LogP contribution in [0.25, 0.3) is 0 Å². The van der Waals surface area contributed by atoms with Gasteiger partial charge < -0.3 is 11.1 Å². The summed E-state index contributed by atoms with van der Waals surface area (Å²) in [7, 11) is -3.09. The molecular formula is C10H14N4O4S. The molecule has 0 radical (unpaired) electrons. The Hall–Kier alpha value is -1.90. The fraction of sp³-hybridized carbons (Fsp3) is 0.500. The molecule has 0 aromatic carbocycles. The van der Waals surface area contributed by atoms with Crippen LogP contribution in [0.15, 0.2) is 12.1 Å². The molecule has 1 atom stereocenters. The maximum atomic E-state index is 11.6. The number of pyridine rings is 1. The first kappa shape index (κ1) is 13.5. The molecule has 0 aliphatic carbocycles. The Morgan fingerprint density at radius 2 is 2.26 bits per heavy atom. The predicted molar refractivity (Wildman–Crippen MR) is 70.6 cm³/mol. The summed E-state index contributed by atoms with van der Waals surface area (Å²) in [4.78, 5) is 14.1. The minimum Gasteiger partial charge on any atom is -0.384 e. The SMILES string of the molecule is Nc1ccc([N+](=O)[O-])c(NCC2CCCS2(=O)=O)n1. The molecule has 1 aliphatic heterocycles. The van der Waals surface area contributed by atoms with Crippen LogP contribution in [-0.4, -0.2) is 35.9 Å². The second-order valence-corrected chi connectivity index (χ2v) is 6.77. The molecule has 8 nitrogen and oxygen atoms in total. The number of nitrogens with two attached hydrogens (primary N) is 1. The zero-order valence-corrected chi connectivity index (χ0v) is 10.9. The van der Waals surface area contributed by atoms with Crippen LogP contribution in [0.5, 0.6) is 0 Å². The largest absolute Gasteiger partial charge is 0.384 e. The van der Waals surface area contributed by atoms with Gasteiger partial charge in [0.1, 0.15) is 5.82 Å². The number of hydrogen-bond acceptors (Lipinski definition) is 7. The molecule has 0 amide bonds. The number of sulfone groups is 1. The second-order valence-electron chi connectivity index (χ2n) is 4.37. The van der Waals surface area contributed by atoms with E-state index in [0.717, 1.165) is 0 Å². The molecule has 0 spiro atoms. The molecule has 9 heteroatoms. The van der Waals surface area contributed by atoms with Crippen molar-refractivity contribution in [2.45, 2.75) is 18.1 Å². The van der Waals surface area contributed by atoms with Gasteiger partial charge in [-0.25, -0.2) is 13.4 Å². The van der Waals surface area contributed by atoms with Crippen LogP contribution in [-0.2, 0) is 9.84 Å². The highest BCUT2D eigenvalue weighted by molar-refractivity contribution is 7.92. The molecule has 104 valence electrons. The molecule has 1 saturated heterocycles. The fourth-order valence-corrected chi connectivity index (χ4v) is 3.81. The minimum absolute atomic E-state index is 0.00657. The van der Waals surface area contributed by atoms with E-state index in [1.807, 2.05) is 0 Å². The first-order chi connectivity index (χ1) is 8.90. The van der Waals surface area contributed by atoms with Gasteiger partial charge in [0.2, 0.25) is 5.82 Å². The number of rotatable bonds is 4. The van der Waals surface area contributed by atoms with E-state index in [2.05, 4.69) is 10.3 Å². The van der Waals surface area contributed by atoms with Gasteiger partial charge in [-0.05, 0) is 18.9 Å². The zero-order valence-electron chi connectivity index (χ0n) is 10.1. The standard InChI is InChI=1S/C10H14N4O4S/c11-9-4-3-8(14(15)16)10(13-9)12-6-7-2-1-5-19(7,17)18/h3-4,7H,1-2,5-6H2,(H3,11,12,13). The van der Waals surface area contributed by atoms with Crippen LogP contribution >= 0.6 is 0 Å². The number of aromatic nitrogens is 1. The summed E-state index contributed by atoms with van der Waals surface area (Å²) < 4.78 is 23.3. The highest BCUT2D eigenvalue weighted by Gasteiger charge is 2.31. The summed E-state index contributed by atoms with van der Waals surface area (Å²) in [5.41, 5.74) is 5.25. The van der Waals surface area contributed by atoms with E-state index in [0.29, 0.717) is 12.8 Å². The number of nitrogens with one attached hydrogen (secondary N) is 1. The van der Waals surface area contributed by atoms with Gasteiger partial charge in [0.25, 0.3) is 0 Å². The number of nitrogens with zero attached hydrogens (tertiary/aromatic N) is 2. The summed E-state index contributed by atoms with van der Waals surface area (Å²) in [6.45, 7) is 0.111. The molecule has 0 saturated carbocycles. The van der Waals surface area contributed by atoms with Gasteiger partial charge in [0.15, 0.2) is 9.84 Å². The van der Waals surface area contributed by atoms with Crippen molar-refractivity contribution in [2.75, 3.05) is 23.3 Å². The fourth-order valence-electron chi connectivity index (χ4n) is 2.04. The van der Waals surface area contributed by atoms with Crippen LogP contribution in [0.1, 0.15) is 12.8 Å². The average Bonchev–Trinajstić information content (AvgIpc) is 2.65. The van der Waals surface area contributed by atoms with E-state index in [9.17, 15) is 18.5 Å². The maximum absolute atomic E-state index is 11.6. The Morgan fingerprint density at radius 3 is 2.84 bits per heavy atom. The predicted octanol–water partition coefficient (Wildman–Crippen LogP) is 0.561. The Balaban J connectivity index is 2.15. The lowest BCUT2D eigenvalue weighted by molar-refractivity contribution is -0.384. The lowest BCUT2D eigenvalue weighted by atomic mass is 10.2. The molecular weight excluding hydrogens is 272 g/mol. The molecule has 19 heavy (non-hydrogen) atoms. The van der Waals surface area contributed by atoms with E-state index >= 15 is 0 Å². The molecule has 2 rings (SSSR count). The summed E-state index contributed by atoms with van der Waals surface area (Å²) in [5, 5.41) is 13.0. The Bertz CT molecular complexity index is 602. The third kappa shape index (κ3) is 2.92. The smallest absolute Gasteiger partial charge is 0.311 e. The lowest BCUT2D eigenvalue weighted by Crippen LogP contribution is -2.25. The van der Waals surface area contributed by atoms with Gasteiger partial charge in [-0.3, -0.25) is 10.1 Å². The van der Waals surface area contributed by atoms with Gasteiger partial charge in [-0.1, -0.05) is 0 Å². The molecule has 2 heterocycles. The molecule has 1 unspecified atom stereocenters. The van der Waals surface area contributed by atoms with Crippen LogP contribution in [0.3, 0.4) is 0 Å². The van der Waals surface area contributed by atoms with Gasteiger partial charge in [-0.15, -0.1) is 0 Å². The summed E-state index contributed by atoms with van der Waals surface area (Å²) in [5.74, 6) is 0.320. The molecule has 1 fully saturated rings. The van der Waals surface area contributed by atoms with Crippen LogP contribution in [0, 0.1) is 10.1 Å². The highest BCUT2D eigenvalue weighted by Crippen LogP contribution is 2.25. The second kappa shape index (κ2) is 5.00. The molecule has 3 N–H and O–H groups in total. The van der Waals surface area contributed by atoms with E-state index in [-0.39, 0.29) is 29.6 Å². The van der Waals surface area contributed by atoms with Crippen LogP contribution in [0.4, 0.5) is 17.3 Å². The minimum atomic E-state index is -3.09. The Morgan fingerprint density at radius 1 is 1.53 bits per heavy atom.